The molecule has 0 bridgehead atoms. The number of aromatic nitrogens is 2. The van der Waals surface area contributed by atoms with Crippen LogP contribution in [0.5, 0.6) is 0 Å². The predicted octanol–water partition coefficient (Wildman–Crippen LogP) is 2.82. The second-order valence-corrected chi connectivity index (χ2v) is 5.12. The highest BCUT2D eigenvalue weighted by Crippen LogP contribution is 2.38. The summed E-state index contributed by atoms with van der Waals surface area (Å²) in [5.74, 6) is 3.21. The van der Waals surface area contributed by atoms with E-state index in [9.17, 15) is 0 Å². The van der Waals surface area contributed by atoms with Crippen LogP contribution in [0.3, 0.4) is 0 Å². The van der Waals surface area contributed by atoms with E-state index in [1.165, 1.54) is 25.7 Å². The van der Waals surface area contributed by atoms with Crippen molar-refractivity contribution in [3.05, 3.63) is 11.7 Å². The van der Waals surface area contributed by atoms with Gasteiger partial charge in [0.2, 0.25) is 5.89 Å². The fraction of sp³-hybridized carbons (Fsp3) is 0.846. The van der Waals surface area contributed by atoms with Gasteiger partial charge in [0.25, 0.3) is 0 Å². The van der Waals surface area contributed by atoms with Gasteiger partial charge in [0, 0.05) is 12.5 Å². The quantitative estimate of drug-likeness (QED) is 0.855. The average molecular weight is 237 g/mol. The first-order valence-corrected chi connectivity index (χ1v) is 6.82. The third-order valence-electron chi connectivity index (χ3n) is 4.07. The molecule has 0 spiro atoms. The summed E-state index contributed by atoms with van der Waals surface area (Å²) in [5, 5.41) is 4.14. The first kappa shape index (κ1) is 12.6. The fourth-order valence-electron chi connectivity index (χ4n) is 2.70. The van der Waals surface area contributed by atoms with E-state index in [0.717, 1.165) is 24.1 Å². The van der Waals surface area contributed by atoms with E-state index in [1.54, 1.807) is 0 Å². The minimum absolute atomic E-state index is 0.222. The molecule has 0 radical (unpaired) electrons. The van der Waals surface area contributed by atoms with Crippen LogP contribution in [0.15, 0.2) is 4.52 Å². The van der Waals surface area contributed by atoms with Crippen molar-refractivity contribution >= 4 is 0 Å². The molecule has 3 unspecified atom stereocenters. The van der Waals surface area contributed by atoms with Crippen molar-refractivity contribution in [3.63, 3.8) is 0 Å². The molecule has 0 aromatic carbocycles. The molecule has 1 aromatic heterocycles. The maximum absolute atomic E-state index is 5.69. The summed E-state index contributed by atoms with van der Waals surface area (Å²) in [7, 11) is 0. The lowest BCUT2D eigenvalue weighted by Gasteiger charge is -2.06. The standard InChI is InChI=1S/C13H23N3O/c1-3-9-5-6-11(7-9)12-15-13(17-16-12)10(4-2)8-14/h9-11H,3-8,14H2,1-2H3. The minimum atomic E-state index is 0.222. The highest BCUT2D eigenvalue weighted by molar-refractivity contribution is 5.02. The van der Waals surface area contributed by atoms with E-state index < -0.39 is 0 Å². The molecule has 4 nitrogen and oxygen atoms in total. The molecule has 1 aliphatic rings. The van der Waals surface area contributed by atoms with Crippen molar-refractivity contribution in [2.75, 3.05) is 6.54 Å². The molecule has 0 saturated heterocycles. The highest BCUT2D eigenvalue weighted by Gasteiger charge is 2.29. The van der Waals surface area contributed by atoms with Gasteiger partial charge in [0.15, 0.2) is 5.82 Å². The zero-order valence-electron chi connectivity index (χ0n) is 10.9. The van der Waals surface area contributed by atoms with Crippen molar-refractivity contribution in [2.45, 2.75) is 57.8 Å². The first-order valence-electron chi connectivity index (χ1n) is 6.82. The van der Waals surface area contributed by atoms with Gasteiger partial charge in [0.05, 0.1) is 5.92 Å². The lowest BCUT2D eigenvalue weighted by molar-refractivity contribution is 0.345. The van der Waals surface area contributed by atoms with E-state index in [1.807, 2.05) is 0 Å². The predicted molar refractivity (Wildman–Crippen MR) is 66.8 cm³/mol. The Hall–Kier alpha value is -0.900. The molecule has 4 heteroatoms. The molecular formula is C13H23N3O. The maximum Gasteiger partial charge on any atom is 0.231 e. The lowest BCUT2D eigenvalue weighted by Crippen LogP contribution is -2.12. The Morgan fingerprint density at radius 1 is 1.41 bits per heavy atom. The lowest BCUT2D eigenvalue weighted by atomic mass is 10.0. The Labute approximate surface area is 103 Å². The van der Waals surface area contributed by atoms with Crippen molar-refractivity contribution in [2.24, 2.45) is 11.7 Å². The van der Waals surface area contributed by atoms with Gasteiger partial charge in [0.1, 0.15) is 0 Å². The van der Waals surface area contributed by atoms with Crippen molar-refractivity contribution in [3.8, 4) is 0 Å². The summed E-state index contributed by atoms with van der Waals surface area (Å²) >= 11 is 0. The first-order chi connectivity index (χ1) is 8.28. The van der Waals surface area contributed by atoms with Gasteiger partial charge < -0.3 is 10.3 Å². The van der Waals surface area contributed by atoms with E-state index >= 15 is 0 Å². The van der Waals surface area contributed by atoms with Crippen LogP contribution in [0, 0.1) is 5.92 Å². The molecule has 0 aliphatic heterocycles. The van der Waals surface area contributed by atoms with Crippen LogP contribution in [-0.4, -0.2) is 16.7 Å². The maximum atomic E-state index is 5.69. The third-order valence-corrected chi connectivity index (χ3v) is 4.07. The molecule has 2 rings (SSSR count). The topological polar surface area (TPSA) is 64.9 Å². The molecule has 0 amide bonds. The third kappa shape index (κ3) is 2.68. The minimum Gasteiger partial charge on any atom is -0.339 e. The second kappa shape index (κ2) is 5.63. The van der Waals surface area contributed by atoms with Gasteiger partial charge in [-0.05, 0) is 31.6 Å². The summed E-state index contributed by atoms with van der Waals surface area (Å²) in [5.41, 5.74) is 5.69. The fourth-order valence-corrected chi connectivity index (χ4v) is 2.70. The molecule has 17 heavy (non-hydrogen) atoms. The SMILES string of the molecule is CCC1CCC(c2noc(C(CC)CN)n2)C1. The van der Waals surface area contributed by atoms with E-state index in [-0.39, 0.29) is 5.92 Å². The van der Waals surface area contributed by atoms with Crippen LogP contribution in [0.25, 0.3) is 0 Å². The molecule has 1 aliphatic carbocycles. The molecule has 1 heterocycles. The van der Waals surface area contributed by atoms with E-state index in [2.05, 4.69) is 24.0 Å². The van der Waals surface area contributed by atoms with Crippen LogP contribution in [0.4, 0.5) is 0 Å². The van der Waals surface area contributed by atoms with Crippen molar-refractivity contribution < 1.29 is 4.52 Å². The molecule has 1 saturated carbocycles. The number of hydrogen-bond acceptors (Lipinski definition) is 4. The molecule has 1 aromatic rings. The summed E-state index contributed by atoms with van der Waals surface area (Å²) in [6.45, 7) is 4.95. The van der Waals surface area contributed by atoms with Crippen LogP contribution in [0.1, 0.15) is 69.5 Å². The van der Waals surface area contributed by atoms with Gasteiger partial charge in [-0.1, -0.05) is 25.4 Å². The Kier molecular flexibility index (Phi) is 4.15. The molecule has 1 fully saturated rings. The Morgan fingerprint density at radius 3 is 2.82 bits per heavy atom. The second-order valence-electron chi connectivity index (χ2n) is 5.12. The molecular weight excluding hydrogens is 214 g/mol. The highest BCUT2D eigenvalue weighted by atomic mass is 16.5. The van der Waals surface area contributed by atoms with Gasteiger partial charge in [-0.15, -0.1) is 0 Å². The van der Waals surface area contributed by atoms with Gasteiger partial charge in [-0.3, -0.25) is 0 Å². The molecule has 96 valence electrons. The number of nitrogens with zero attached hydrogens (tertiary/aromatic N) is 2. The molecule has 3 atom stereocenters. The average Bonchev–Trinajstić information content (AvgIpc) is 2.98. The van der Waals surface area contributed by atoms with Crippen molar-refractivity contribution in [1.82, 2.24) is 10.1 Å². The summed E-state index contributed by atoms with van der Waals surface area (Å²) in [4.78, 5) is 4.55. The van der Waals surface area contributed by atoms with Crippen LogP contribution >= 0.6 is 0 Å². The zero-order chi connectivity index (χ0) is 12.3. The Balaban J connectivity index is 2.03. The van der Waals surface area contributed by atoms with Crippen LogP contribution < -0.4 is 5.73 Å². The van der Waals surface area contributed by atoms with Gasteiger partial charge >= 0.3 is 0 Å². The summed E-state index contributed by atoms with van der Waals surface area (Å²) < 4.78 is 5.35. The monoisotopic (exact) mass is 237 g/mol. The Morgan fingerprint density at radius 2 is 2.24 bits per heavy atom. The van der Waals surface area contributed by atoms with Crippen LogP contribution in [0.2, 0.25) is 0 Å². The largest absolute Gasteiger partial charge is 0.339 e. The normalized spacial score (nSPS) is 26.3. The van der Waals surface area contributed by atoms with Gasteiger partial charge in [-0.25, -0.2) is 0 Å². The summed E-state index contributed by atoms with van der Waals surface area (Å²) in [6, 6.07) is 0. The number of rotatable bonds is 5. The number of nitrogens with two attached hydrogens (primary N) is 1. The van der Waals surface area contributed by atoms with E-state index in [4.69, 9.17) is 10.3 Å². The molecule has 2 N–H and O–H groups in total. The smallest absolute Gasteiger partial charge is 0.231 e. The zero-order valence-corrected chi connectivity index (χ0v) is 10.9. The van der Waals surface area contributed by atoms with Crippen LogP contribution in [-0.2, 0) is 0 Å². The van der Waals surface area contributed by atoms with Crippen molar-refractivity contribution in [1.29, 1.82) is 0 Å². The number of hydrogen-bond donors (Lipinski definition) is 1. The Bertz CT molecular complexity index is 346. The van der Waals surface area contributed by atoms with E-state index in [0.29, 0.717) is 12.5 Å². The summed E-state index contributed by atoms with van der Waals surface area (Å²) in [6.07, 6.45) is 5.95. The van der Waals surface area contributed by atoms with Gasteiger partial charge in [-0.2, -0.15) is 4.98 Å².